The minimum Gasteiger partial charge on any atom is -0.330 e. The summed E-state index contributed by atoms with van der Waals surface area (Å²) in [5.41, 5.74) is 1.30. The van der Waals surface area contributed by atoms with E-state index in [4.69, 9.17) is 0 Å². The number of likely N-dealkylation sites (tertiary alicyclic amines) is 1. The summed E-state index contributed by atoms with van der Waals surface area (Å²) in [5, 5.41) is 11.7. The Kier molecular flexibility index (Phi) is 4.83. The Hall–Kier alpha value is -2.10. The number of hydrogen-bond acceptors (Lipinski definition) is 4. The highest BCUT2D eigenvalue weighted by Gasteiger charge is 2.35. The molecule has 6 nitrogen and oxygen atoms in total. The van der Waals surface area contributed by atoms with E-state index in [-0.39, 0.29) is 18.0 Å². The summed E-state index contributed by atoms with van der Waals surface area (Å²) in [6.07, 6.45) is 1.50. The van der Waals surface area contributed by atoms with Crippen molar-refractivity contribution in [2.45, 2.75) is 50.2 Å². The van der Waals surface area contributed by atoms with Gasteiger partial charge in [-0.25, -0.2) is 9.78 Å². The highest BCUT2D eigenvalue weighted by Crippen LogP contribution is 2.35. The number of halogens is 3. The zero-order chi connectivity index (χ0) is 19.0. The number of aryl methyl sites for hydroxylation is 1. The van der Waals surface area contributed by atoms with Gasteiger partial charge in [0.25, 0.3) is 0 Å². The number of amides is 2. The van der Waals surface area contributed by atoms with E-state index < -0.39 is 11.9 Å². The number of fused-ring (bicyclic) bond motifs is 1. The van der Waals surface area contributed by atoms with E-state index in [0.717, 1.165) is 47.2 Å². The van der Waals surface area contributed by atoms with Crippen molar-refractivity contribution in [3.8, 4) is 0 Å². The van der Waals surface area contributed by atoms with Crippen LogP contribution in [0.1, 0.15) is 59.6 Å². The van der Waals surface area contributed by atoms with Gasteiger partial charge in [-0.3, -0.25) is 5.10 Å². The number of nitrogens with one attached hydrogen (secondary N) is 2. The summed E-state index contributed by atoms with van der Waals surface area (Å²) in [5.74, 6) is -0.0240. The summed E-state index contributed by atoms with van der Waals surface area (Å²) in [7, 11) is 0. The molecule has 146 valence electrons. The third-order valence-corrected chi connectivity index (χ3v) is 6.29. The number of alkyl halides is 3. The zero-order valence-corrected chi connectivity index (χ0v) is 15.4. The van der Waals surface area contributed by atoms with E-state index in [1.165, 1.54) is 0 Å². The summed E-state index contributed by atoms with van der Waals surface area (Å²) in [6, 6.07) is -0.189. The molecular weight excluding hydrogens is 379 g/mol. The molecule has 1 aliphatic carbocycles. The van der Waals surface area contributed by atoms with Crippen LogP contribution in [0.15, 0.2) is 11.6 Å². The lowest BCUT2D eigenvalue weighted by Gasteiger charge is -2.33. The quantitative estimate of drug-likeness (QED) is 0.806. The van der Waals surface area contributed by atoms with Crippen LogP contribution < -0.4 is 5.32 Å². The standard InChI is InChI=1S/C17H20F3N5OS/c18-17(19,20)13-9-27-15(23-13)10-4-6-25(7-5-10)16(26)22-12-3-1-2-11-8-21-24-14(11)12/h8-10,12H,1-7H2,(H,21,24)(H,22,26). The minimum atomic E-state index is -4.40. The first kappa shape index (κ1) is 18.3. The predicted octanol–water partition coefficient (Wildman–Crippen LogP) is 3.85. The predicted molar refractivity (Wildman–Crippen MR) is 93.5 cm³/mol. The largest absolute Gasteiger partial charge is 0.434 e. The Morgan fingerprint density at radius 3 is 2.78 bits per heavy atom. The molecule has 0 aromatic carbocycles. The number of aromatic amines is 1. The average Bonchev–Trinajstić information content (AvgIpc) is 3.31. The molecule has 1 fully saturated rings. The highest BCUT2D eigenvalue weighted by atomic mass is 32.1. The van der Waals surface area contributed by atoms with Crippen LogP contribution in [0.5, 0.6) is 0 Å². The molecule has 0 radical (unpaired) electrons. The van der Waals surface area contributed by atoms with E-state index in [1.54, 1.807) is 4.90 Å². The fraction of sp³-hybridized carbons (Fsp3) is 0.588. The molecule has 2 amide bonds. The number of carbonyl (C=O) groups excluding carboxylic acids is 1. The van der Waals surface area contributed by atoms with Crippen LogP contribution in [0.25, 0.3) is 0 Å². The van der Waals surface area contributed by atoms with Gasteiger partial charge in [-0.05, 0) is 37.7 Å². The fourth-order valence-corrected chi connectivity index (χ4v) is 4.78. The normalized spacial score (nSPS) is 21.1. The van der Waals surface area contributed by atoms with Crippen LogP contribution in [-0.4, -0.2) is 39.2 Å². The highest BCUT2D eigenvalue weighted by molar-refractivity contribution is 7.09. The molecule has 2 aliphatic rings. The fourth-order valence-electron chi connectivity index (χ4n) is 3.78. The Balaban J connectivity index is 1.33. The number of H-pyrrole nitrogens is 1. The molecule has 27 heavy (non-hydrogen) atoms. The summed E-state index contributed by atoms with van der Waals surface area (Å²) < 4.78 is 38.2. The van der Waals surface area contributed by atoms with Gasteiger partial charge in [0.05, 0.1) is 22.9 Å². The second kappa shape index (κ2) is 7.14. The molecule has 0 spiro atoms. The maximum Gasteiger partial charge on any atom is 0.434 e. The number of carbonyl (C=O) groups is 1. The smallest absolute Gasteiger partial charge is 0.330 e. The van der Waals surface area contributed by atoms with E-state index in [0.29, 0.717) is 30.9 Å². The van der Waals surface area contributed by atoms with Crippen molar-refractivity contribution in [3.05, 3.63) is 33.5 Å². The second-order valence-electron chi connectivity index (χ2n) is 7.03. The van der Waals surface area contributed by atoms with Crippen molar-refractivity contribution in [1.29, 1.82) is 0 Å². The summed E-state index contributed by atoms with van der Waals surface area (Å²) >= 11 is 1.05. The van der Waals surface area contributed by atoms with Gasteiger partial charge in [0.2, 0.25) is 0 Å². The van der Waals surface area contributed by atoms with Crippen molar-refractivity contribution < 1.29 is 18.0 Å². The SMILES string of the molecule is O=C(NC1CCCc2cn[nH]c21)N1CCC(c2nc(C(F)(F)F)cs2)CC1. The molecule has 2 N–H and O–H groups in total. The number of hydrogen-bond donors (Lipinski definition) is 2. The third kappa shape index (κ3) is 3.80. The molecular formula is C17H20F3N5OS. The van der Waals surface area contributed by atoms with E-state index in [2.05, 4.69) is 20.5 Å². The van der Waals surface area contributed by atoms with Gasteiger partial charge < -0.3 is 10.2 Å². The van der Waals surface area contributed by atoms with Crippen LogP contribution in [-0.2, 0) is 12.6 Å². The van der Waals surface area contributed by atoms with Gasteiger partial charge in [-0.1, -0.05) is 0 Å². The van der Waals surface area contributed by atoms with Crippen molar-refractivity contribution in [2.75, 3.05) is 13.1 Å². The number of rotatable bonds is 2. The Bertz CT molecular complexity index is 810. The Morgan fingerprint density at radius 1 is 1.30 bits per heavy atom. The number of thiazole rings is 1. The van der Waals surface area contributed by atoms with Gasteiger partial charge in [0.1, 0.15) is 0 Å². The molecule has 0 bridgehead atoms. The Morgan fingerprint density at radius 2 is 2.07 bits per heavy atom. The van der Waals surface area contributed by atoms with Crippen molar-refractivity contribution >= 4 is 17.4 Å². The Labute approximate surface area is 158 Å². The van der Waals surface area contributed by atoms with Gasteiger partial charge in [0, 0.05) is 24.4 Å². The van der Waals surface area contributed by atoms with Crippen LogP contribution in [0.2, 0.25) is 0 Å². The van der Waals surface area contributed by atoms with Crippen LogP contribution in [0.4, 0.5) is 18.0 Å². The summed E-state index contributed by atoms with van der Waals surface area (Å²) in [6.45, 7) is 1.03. The number of aromatic nitrogens is 3. The maximum absolute atomic E-state index is 12.7. The lowest BCUT2D eigenvalue weighted by atomic mass is 9.93. The lowest BCUT2D eigenvalue weighted by molar-refractivity contribution is -0.140. The molecule has 1 unspecified atom stereocenters. The maximum atomic E-state index is 12.7. The molecule has 2 aromatic heterocycles. The van der Waals surface area contributed by atoms with Crippen molar-refractivity contribution in [3.63, 3.8) is 0 Å². The third-order valence-electron chi connectivity index (χ3n) is 5.28. The van der Waals surface area contributed by atoms with Crippen molar-refractivity contribution in [2.24, 2.45) is 0 Å². The molecule has 10 heteroatoms. The second-order valence-corrected chi connectivity index (χ2v) is 7.92. The van der Waals surface area contributed by atoms with Crippen LogP contribution in [0, 0.1) is 0 Å². The summed E-state index contributed by atoms with van der Waals surface area (Å²) in [4.78, 5) is 18.1. The number of nitrogens with zero attached hydrogens (tertiary/aromatic N) is 3. The molecule has 0 saturated carbocycles. The molecule has 2 aromatic rings. The van der Waals surface area contributed by atoms with E-state index >= 15 is 0 Å². The van der Waals surface area contributed by atoms with Gasteiger partial charge >= 0.3 is 12.2 Å². The molecule has 3 heterocycles. The van der Waals surface area contributed by atoms with Crippen molar-refractivity contribution in [1.82, 2.24) is 25.4 Å². The monoisotopic (exact) mass is 399 g/mol. The van der Waals surface area contributed by atoms with E-state index in [9.17, 15) is 18.0 Å². The van der Waals surface area contributed by atoms with Crippen LogP contribution >= 0.6 is 11.3 Å². The molecule has 1 atom stereocenters. The molecule has 1 saturated heterocycles. The van der Waals surface area contributed by atoms with Gasteiger partial charge in [0.15, 0.2) is 5.69 Å². The zero-order valence-electron chi connectivity index (χ0n) is 14.6. The van der Waals surface area contributed by atoms with E-state index in [1.807, 2.05) is 6.20 Å². The van der Waals surface area contributed by atoms with Gasteiger partial charge in [-0.2, -0.15) is 18.3 Å². The minimum absolute atomic E-state index is 0.0240. The lowest BCUT2D eigenvalue weighted by Crippen LogP contribution is -2.45. The first-order chi connectivity index (χ1) is 12.9. The van der Waals surface area contributed by atoms with Crippen LogP contribution in [0.3, 0.4) is 0 Å². The average molecular weight is 399 g/mol. The molecule has 4 rings (SSSR count). The molecule has 1 aliphatic heterocycles. The number of urea groups is 1. The first-order valence-corrected chi connectivity index (χ1v) is 9.90. The number of piperidine rings is 1. The van der Waals surface area contributed by atoms with Gasteiger partial charge in [-0.15, -0.1) is 11.3 Å². The first-order valence-electron chi connectivity index (χ1n) is 9.02. The topological polar surface area (TPSA) is 73.9 Å².